The van der Waals surface area contributed by atoms with Crippen molar-refractivity contribution in [3.63, 3.8) is 0 Å². The van der Waals surface area contributed by atoms with Crippen molar-refractivity contribution in [3.8, 4) is 5.75 Å². The van der Waals surface area contributed by atoms with Crippen LogP contribution < -0.4 is 11.2 Å². The van der Waals surface area contributed by atoms with Crippen LogP contribution in [0.2, 0.25) is 0 Å². The highest BCUT2D eigenvalue weighted by atomic mass is 16.6. The van der Waals surface area contributed by atoms with Gasteiger partial charge in [-0.05, 0) is 12.5 Å². The molecule has 1 aromatic carbocycles. The minimum Gasteiger partial charge on any atom is -0.502 e. The maximum Gasteiger partial charge on any atom is 0.269 e. The molecule has 0 saturated heterocycles. The molecule has 1 heterocycles. The number of hydrogen-bond donors (Lipinski definition) is 2. The highest BCUT2D eigenvalue weighted by Gasteiger charge is 2.26. The Balaban J connectivity index is 2.63. The second-order valence-electron chi connectivity index (χ2n) is 5.01. The number of nitro benzene ring substituents is 1. The molecule has 0 aliphatic rings. The summed E-state index contributed by atoms with van der Waals surface area (Å²) in [5.41, 5.74) is 4.70. The molecule has 0 aliphatic heterocycles. The standard InChI is InChI=1S/C15H14N2O6/c1-8-5-12(18)14(20)15(23-8)11(7-13(16)19)9-3-2-4-10(6-9)17(21)22/h2-6,11,20H,7H2,1H3,(H2,16,19). The minimum absolute atomic E-state index is 0.144. The van der Waals surface area contributed by atoms with E-state index in [1.54, 1.807) is 0 Å². The van der Waals surface area contributed by atoms with Crippen LogP contribution in [0.4, 0.5) is 5.69 Å². The number of nitrogens with two attached hydrogens (primary N) is 1. The third-order valence-corrected chi connectivity index (χ3v) is 3.28. The molecule has 0 radical (unpaired) electrons. The van der Waals surface area contributed by atoms with Gasteiger partial charge in [-0.1, -0.05) is 12.1 Å². The van der Waals surface area contributed by atoms with Gasteiger partial charge in [-0.3, -0.25) is 19.7 Å². The molecule has 1 amide bonds. The summed E-state index contributed by atoms with van der Waals surface area (Å²) in [5.74, 6) is -2.16. The normalized spacial score (nSPS) is 11.9. The summed E-state index contributed by atoms with van der Waals surface area (Å²) in [4.78, 5) is 33.4. The van der Waals surface area contributed by atoms with Crippen LogP contribution in [0.1, 0.15) is 29.4 Å². The molecule has 0 fully saturated rings. The predicted octanol–water partition coefficient (Wildman–Crippen LogP) is 1.57. The lowest BCUT2D eigenvalue weighted by Gasteiger charge is -2.16. The first-order valence-electron chi connectivity index (χ1n) is 6.66. The summed E-state index contributed by atoms with van der Waals surface area (Å²) in [7, 11) is 0. The fraction of sp³-hybridized carbons (Fsp3) is 0.200. The van der Waals surface area contributed by atoms with Crippen LogP contribution in [0.5, 0.6) is 5.75 Å². The van der Waals surface area contributed by atoms with E-state index in [2.05, 4.69) is 0 Å². The van der Waals surface area contributed by atoms with Crippen molar-refractivity contribution < 1.29 is 19.2 Å². The Morgan fingerprint density at radius 2 is 2.13 bits per heavy atom. The number of non-ortho nitro benzene ring substituents is 1. The van der Waals surface area contributed by atoms with E-state index < -0.39 is 27.9 Å². The Bertz CT molecular complexity index is 827. The van der Waals surface area contributed by atoms with E-state index >= 15 is 0 Å². The quantitative estimate of drug-likeness (QED) is 0.634. The first-order valence-corrected chi connectivity index (χ1v) is 6.66. The number of carbonyl (C=O) groups excluding carboxylic acids is 1. The SMILES string of the molecule is Cc1cc(=O)c(O)c(C(CC(N)=O)c2cccc([N+](=O)[O-])c2)o1. The molecule has 1 aromatic heterocycles. The number of hydrogen-bond acceptors (Lipinski definition) is 6. The van der Waals surface area contributed by atoms with Gasteiger partial charge in [0.05, 0.1) is 10.8 Å². The van der Waals surface area contributed by atoms with Crippen LogP contribution in [0.25, 0.3) is 0 Å². The van der Waals surface area contributed by atoms with E-state index in [4.69, 9.17) is 10.2 Å². The molecule has 23 heavy (non-hydrogen) atoms. The molecule has 2 rings (SSSR count). The molecular formula is C15H14N2O6. The van der Waals surface area contributed by atoms with Gasteiger partial charge in [0, 0.05) is 24.6 Å². The third kappa shape index (κ3) is 3.54. The Labute approximate surface area is 130 Å². The van der Waals surface area contributed by atoms with Crippen molar-refractivity contribution in [2.75, 3.05) is 0 Å². The number of aromatic hydroxyl groups is 1. The van der Waals surface area contributed by atoms with Gasteiger partial charge in [-0.2, -0.15) is 0 Å². The number of nitro groups is 1. The van der Waals surface area contributed by atoms with Crippen molar-refractivity contribution in [1.29, 1.82) is 0 Å². The maximum atomic E-state index is 11.7. The van der Waals surface area contributed by atoms with E-state index in [0.717, 1.165) is 6.07 Å². The van der Waals surface area contributed by atoms with E-state index in [-0.39, 0.29) is 23.6 Å². The van der Waals surface area contributed by atoms with Gasteiger partial charge in [0.25, 0.3) is 5.69 Å². The lowest BCUT2D eigenvalue weighted by molar-refractivity contribution is -0.384. The number of aryl methyl sites for hydroxylation is 1. The Morgan fingerprint density at radius 3 is 2.74 bits per heavy atom. The van der Waals surface area contributed by atoms with E-state index in [0.29, 0.717) is 5.56 Å². The van der Waals surface area contributed by atoms with Gasteiger partial charge in [0.15, 0.2) is 5.76 Å². The number of primary amides is 1. The topological polar surface area (TPSA) is 137 Å². The highest BCUT2D eigenvalue weighted by molar-refractivity contribution is 5.75. The predicted molar refractivity (Wildman–Crippen MR) is 80.1 cm³/mol. The van der Waals surface area contributed by atoms with Gasteiger partial charge in [0.2, 0.25) is 17.1 Å². The van der Waals surface area contributed by atoms with Gasteiger partial charge >= 0.3 is 0 Å². The summed E-state index contributed by atoms with van der Waals surface area (Å²) in [6.45, 7) is 1.51. The molecule has 1 unspecified atom stereocenters. The van der Waals surface area contributed by atoms with Crippen LogP contribution in [0, 0.1) is 17.0 Å². The van der Waals surface area contributed by atoms with Crippen LogP contribution in [-0.2, 0) is 4.79 Å². The number of benzene rings is 1. The zero-order valence-electron chi connectivity index (χ0n) is 12.2. The molecule has 8 heteroatoms. The van der Waals surface area contributed by atoms with Crippen LogP contribution in [0.15, 0.2) is 39.5 Å². The summed E-state index contributed by atoms with van der Waals surface area (Å²) < 4.78 is 5.38. The highest BCUT2D eigenvalue weighted by Crippen LogP contribution is 2.34. The summed E-state index contributed by atoms with van der Waals surface area (Å²) in [5, 5.41) is 20.9. The molecular weight excluding hydrogens is 304 g/mol. The van der Waals surface area contributed by atoms with Crippen LogP contribution in [0.3, 0.4) is 0 Å². The lowest BCUT2D eigenvalue weighted by atomic mass is 9.91. The first-order chi connectivity index (χ1) is 10.8. The Hall–Kier alpha value is -3.16. The molecule has 3 N–H and O–H groups in total. The fourth-order valence-corrected chi connectivity index (χ4v) is 2.28. The number of rotatable bonds is 5. The summed E-state index contributed by atoms with van der Waals surface area (Å²) in [6.07, 6.45) is -0.277. The number of nitrogens with zero attached hydrogens (tertiary/aromatic N) is 1. The lowest BCUT2D eigenvalue weighted by Crippen LogP contribution is -2.18. The largest absolute Gasteiger partial charge is 0.502 e. The molecule has 8 nitrogen and oxygen atoms in total. The molecule has 0 saturated carbocycles. The third-order valence-electron chi connectivity index (χ3n) is 3.28. The molecule has 0 aliphatic carbocycles. The molecule has 0 bridgehead atoms. The van der Waals surface area contributed by atoms with Gasteiger partial charge < -0.3 is 15.3 Å². The van der Waals surface area contributed by atoms with Crippen molar-refractivity contribution in [2.45, 2.75) is 19.3 Å². The minimum atomic E-state index is -0.903. The van der Waals surface area contributed by atoms with E-state index in [1.165, 1.54) is 31.2 Å². The van der Waals surface area contributed by atoms with E-state index in [1.807, 2.05) is 0 Å². The zero-order chi connectivity index (χ0) is 17.1. The Kier molecular flexibility index (Phi) is 4.44. The van der Waals surface area contributed by atoms with Crippen molar-refractivity contribution >= 4 is 11.6 Å². The van der Waals surface area contributed by atoms with Crippen molar-refractivity contribution in [1.82, 2.24) is 0 Å². The maximum absolute atomic E-state index is 11.7. The van der Waals surface area contributed by atoms with Gasteiger partial charge in [-0.25, -0.2) is 0 Å². The number of amides is 1. The van der Waals surface area contributed by atoms with Crippen molar-refractivity contribution in [3.05, 3.63) is 67.8 Å². The van der Waals surface area contributed by atoms with Gasteiger partial charge in [0.1, 0.15) is 5.76 Å². The molecule has 120 valence electrons. The summed E-state index contributed by atoms with van der Waals surface area (Å²) >= 11 is 0. The molecule has 1 atom stereocenters. The molecule has 2 aromatic rings. The Morgan fingerprint density at radius 1 is 1.43 bits per heavy atom. The monoisotopic (exact) mass is 318 g/mol. The average molecular weight is 318 g/mol. The van der Waals surface area contributed by atoms with Gasteiger partial charge in [-0.15, -0.1) is 0 Å². The van der Waals surface area contributed by atoms with Crippen LogP contribution in [-0.4, -0.2) is 15.9 Å². The van der Waals surface area contributed by atoms with E-state index in [9.17, 15) is 24.8 Å². The fourth-order valence-electron chi connectivity index (χ4n) is 2.28. The van der Waals surface area contributed by atoms with Crippen molar-refractivity contribution in [2.24, 2.45) is 5.73 Å². The average Bonchev–Trinajstić information content (AvgIpc) is 2.48. The zero-order valence-corrected chi connectivity index (χ0v) is 12.2. The van der Waals surface area contributed by atoms with Crippen LogP contribution >= 0.6 is 0 Å². The second kappa shape index (κ2) is 6.30. The number of carbonyl (C=O) groups is 1. The smallest absolute Gasteiger partial charge is 0.269 e. The second-order valence-corrected chi connectivity index (χ2v) is 5.01. The first kappa shape index (κ1) is 16.2. The molecule has 0 spiro atoms. The summed E-state index contributed by atoms with van der Waals surface area (Å²) in [6, 6.07) is 6.61.